The Morgan fingerprint density at radius 3 is 2.73 bits per heavy atom. The molecule has 1 fully saturated rings. The highest BCUT2D eigenvalue weighted by Crippen LogP contribution is 2.20. The van der Waals surface area contributed by atoms with Crippen LogP contribution in [0.4, 0.5) is 0 Å². The van der Waals surface area contributed by atoms with Gasteiger partial charge in [0.1, 0.15) is 13.2 Å². The summed E-state index contributed by atoms with van der Waals surface area (Å²) in [5.41, 5.74) is 0. The molecule has 0 aromatic carbocycles. The van der Waals surface area contributed by atoms with Gasteiger partial charge in [0, 0.05) is 6.42 Å². The minimum absolute atomic E-state index is 0.753. The first-order chi connectivity index (χ1) is 7.37. The van der Waals surface area contributed by atoms with Gasteiger partial charge < -0.3 is 9.47 Å². The first-order valence-electron chi connectivity index (χ1n) is 5.93. The Kier molecular flexibility index (Phi) is 3.72. The van der Waals surface area contributed by atoms with Gasteiger partial charge in [-0.1, -0.05) is 13.3 Å². The normalized spacial score (nSPS) is 31.7. The van der Waals surface area contributed by atoms with Crippen molar-refractivity contribution < 1.29 is 14.0 Å². The van der Waals surface area contributed by atoms with E-state index in [9.17, 15) is 0 Å². The van der Waals surface area contributed by atoms with Gasteiger partial charge in [-0.05, 0) is 6.42 Å². The van der Waals surface area contributed by atoms with Crippen LogP contribution in [-0.4, -0.2) is 50.1 Å². The molecular weight excluding hydrogens is 192 g/mol. The van der Waals surface area contributed by atoms with Gasteiger partial charge in [0.2, 0.25) is 5.84 Å². The third kappa shape index (κ3) is 2.38. The van der Waals surface area contributed by atoms with Crippen LogP contribution in [0, 0.1) is 0 Å². The number of hydrogen-bond donors (Lipinski definition) is 0. The minimum atomic E-state index is 0.753. The fourth-order valence-electron chi connectivity index (χ4n) is 2.20. The maximum atomic E-state index is 5.62. The molecule has 15 heavy (non-hydrogen) atoms. The molecule has 2 rings (SSSR count). The average molecular weight is 213 g/mol. The molecule has 0 bridgehead atoms. The van der Waals surface area contributed by atoms with E-state index >= 15 is 0 Å². The van der Waals surface area contributed by atoms with Gasteiger partial charge in [-0.25, -0.2) is 9.48 Å². The van der Waals surface area contributed by atoms with Crippen molar-refractivity contribution in [2.45, 2.75) is 26.2 Å². The Morgan fingerprint density at radius 2 is 2.07 bits per heavy atom. The molecule has 4 heteroatoms. The number of rotatable bonds is 3. The number of amidine groups is 1. The van der Waals surface area contributed by atoms with Crippen LogP contribution in [0.1, 0.15) is 26.2 Å². The van der Waals surface area contributed by atoms with E-state index in [0.29, 0.717) is 0 Å². The summed E-state index contributed by atoms with van der Waals surface area (Å²) >= 11 is 0. The van der Waals surface area contributed by atoms with Crippen LogP contribution in [0.3, 0.4) is 0 Å². The lowest BCUT2D eigenvalue weighted by Crippen LogP contribution is -2.51. The number of aliphatic imine (C=N–C) groups is 1. The molecule has 0 saturated carbocycles. The maximum absolute atomic E-state index is 5.62. The zero-order chi connectivity index (χ0) is 10.6. The van der Waals surface area contributed by atoms with Crippen molar-refractivity contribution >= 4 is 5.84 Å². The van der Waals surface area contributed by atoms with E-state index < -0.39 is 0 Å². The average Bonchev–Trinajstić information content (AvgIpc) is 2.62. The Labute approximate surface area is 91.5 Å². The predicted octanol–water partition coefficient (Wildman–Crippen LogP) is 1.37. The van der Waals surface area contributed by atoms with Crippen LogP contribution in [0.25, 0.3) is 0 Å². The smallest absolute Gasteiger partial charge is 0.202 e. The van der Waals surface area contributed by atoms with Gasteiger partial charge in [0.05, 0.1) is 13.2 Å². The molecule has 1 saturated heterocycles. The van der Waals surface area contributed by atoms with E-state index in [-0.39, 0.29) is 0 Å². The van der Waals surface area contributed by atoms with Gasteiger partial charge in [0.15, 0.2) is 13.5 Å². The van der Waals surface area contributed by atoms with Crippen LogP contribution < -0.4 is 0 Å². The molecule has 0 N–H and O–H groups in total. The van der Waals surface area contributed by atoms with Crippen molar-refractivity contribution in [2.24, 2.45) is 4.99 Å². The molecule has 4 nitrogen and oxygen atoms in total. The molecule has 0 aliphatic carbocycles. The van der Waals surface area contributed by atoms with Crippen LogP contribution in [-0.2, 0) is 9.47 Å². The van der Waals surface area contributed by atoms with E-state index in [1.165, 1.54) is 18.7 Å². The minimum Gasteiger partial charge on any atom is -0.329 e. The van der Waals surface area contributed by atoms with Crippen molar-refractivity contribution in [3.8, 4) is 0 Å². The Bertz CT molecular complexity index is 235. The summed E-state index contributed by atoms with van der Waals surface area (Å²) in [5, 5.41) is 0. The van der Waals surface area contributed by atoms with Gasteiger partial charge >= 0.3 is 0 Å². The Morgan fingerprint density at radius 1 is 1.27 bits per heavy atom. The lowest BCUT2D eigenvalue weighted by Gasteiger charge is -2.30. The third-order valence-electron chi connectivity index (χ3n) is 3.17. The quantitative estimate of drug-likeness (QED) is 0.663. The zero-order valence-corrected chi connectivity index (χ0v) is 9.57. The number of nitrogens with zero attached hydrogens (tertiary/aromatic N) is 2. The first kappa shape index (κ1) is 11.0. The van der Waals surface area contributed by atoms with Crippen molar-refractivity contribution in [1.29, 1.82) is 0 Å². The largest absolute Gasteiger partial charge is 0.329 e. The van der Waals surface area contributed by atoms with E-state index in [1.54, 1.807) is 0 Å². The molecule has 0 aromatic rings. The summed E-state index contributed by atoms with van der Waals surface area (Å²) in [6.07, 6.45) is 3.54. The number of ether oxygens (including phenoxy) is 2. The van der Waals surface area contributed by atoms with E-state index in [0.717, 1.165) is 50.7 Å². The van der Waals surface area contributed by atoms with Gasteiger partial charge in [-0.3, -0.25) is 0 Å². The third-order valence-corrected chi connectivity index (χ3v) is 3.17. The monoisotopic (exact) mass is 213 g/mol. The topological polar surface area (TPSA) is 30.8 Å². The highest BCUT2D eigenvalue weighted by Gasteiger charge is 2.39. The van der Waals surface area contributed by atoms with Crippen LogP contribution in [0.2, 0.25) is 0 Å². The number of quaternary nitrogens is 1. The number of unbranched alkanes of at least 4 members (excludes halogenated alkanes) is 1. The SMILES string of the molecule is CCCCC1=NCCOC[N+]12CCOC2. The fraction of sp³-hybridized carbons (Fsp3) is 0.909. The summed E-state index contributed by atoms with van der Waals surface area (Å²) in [4.78, 5) is 4.68. The second kappa shape index (κ2) is 5.05. The second-order valence-electron chi connectivity index (χ2n) is 4.34. The zero-order valence-electron chi connectivity index (χ0n) is 9.57. The predicted molar refractivity (Wildman–Crippen MR) is 58.6 cm³/mol. The molecule has 0 radical (unpaired) electrons. The summed E-state index contributed by atoms with van der Waals surface area (Å²) in [6, 6.07) is 0. The molecule has 2 aliphatic rings. The molecule has 1 spiro atoms. The molecule has 1 unspecified atom stereocenters. The maximum Gasteiger partial charge on any atom is 0.202 e. The molecule has 86 valence electrons. The van der Waals surface area contributed by atoms with Crippen LogP contribution in [0.15, 0.2) is 4.99 Å². The van der Waals surface area contributed by atoms with Crippen LogP contribution in [0.5, 0.6) is 0 Å². The lowest BCUT2D eigenvalue weighted by molar-refractivity contribution is -0.860. The Hall–Kier alpha value is -0.450. The first-order valence-corrected chi connectivity index (χ1v) is 5.93. The molecule has 2 aliphatic heterocycles. The lowest BCUT2D eigenvalue weighted by atomic mass is 10.2. The molecule has 0 amide bonds. The van der Waals surface area contributed by atoms with Crippen LogP contribution >= 0.6 is 0 Å². The van der Waals surface area contributed by atoms with Gasteiger partial charge in [0.25, 0.3) is 0 Å². The summed E-state index contributed by atoms with van der Waals surface area (Å²) in [6.45, 7) is 7.18. The summed E-state index contributed by atoms with van der Waals surface area (Å²) in [7, 11) is 0. The van der Waals surface area contributed by atoms with Gasteiger partial charge in [-0.2, -0.15) is 0 Å². The highest BCUT2D eigenvalue weighted by molar-refractivity contribution is 5.75. The molecular formula is C11H21N2O2+. The van der Waals surface area contributed by atoms with E-state index in [1.807, 2.05) is 0 Å². The highest BCUT2D eigenvalue weighted by atomic mass is 16.5. The molecule has 2 heterocycles. The van der Waals surface area contributed by atoms with Gasteiger partial charge in [-0.15, -0.1) is 0 Å². The Balaban J connectivity index is 2.09. The molecule has 1 atom stereocenters. The number of hydrogen-bond acceptors (Lipinski definition) is 3. The van der Waals surface area contributed by atoms with Crippen molar-refractivity contribution in [3.63, 3.8) is 0 Å². The standard InChI is InChI=1S/C11H21N2O2/c1-2-3-4-11-12-5-7-14-9-13(11)6-8-15-10-13/h2-10H2,1H3/q+1. The van der Waals surface area contributed by atoms with Crippen molar-refractivity contribution in [3.05, 3.63) is 0 Å². The summed E-state index contributed by atoms with van der Waals surface area (Å²) < 4.78 is 12.0. The van der Waals surface area contributed by atoms with Crippen molar-refractivity contribution in [2.75, 3.05) is 39.8 Å². The van der Waals surface area contributed by atoms with Crippen molar-refractivity contribution in [1.82, 2.24) is 0 Å². The van der Waals surface area contributed by atoms with E-state index in [4.69, 9.17) is 9.47 Å². The fourth-order valence-corrected chi connectivity index (χ4v) is 2.20. The van der Waals surface area contributed by atoms with E-state index in [2.05, 4.69) is 11.9 Å². The molecule has 0 aromatic heterocycles. The second-order valence-corrected chi connectivity index (χ2v) is 4.34. The summed E-state index contributed by atoms with van der Waals surface area (Å²) in [5.74, 6) is 1.30.